The fourth-order valence-electron chi connectivity index (χ4n) is 2.45. The average molecular weight is 231 g/mol. The van der Waals surface area contributed by atoms with Crippen molar-refractivity contribution in [1.29, 1.82) is 0 Å². The largest absolute Gasteiger partial charge is 0.386 e. The molecule has 0 aromatic heterocycles. The Kier molecular flexibility index (Phi) is 3.25. The highest BCUT2D eigenvalue weighted by atomic mass is 16.3. The summed E-state index contributed by atoms with van der Waals surface area (Å²) in [4.78, 5) is 2.20. The van der Waals surface area contributed by atoms with E-state index in [1.807, 2.05) is 25.3 Å². The van der Waals surface area contributed by atoms with E-state index in [9.17, 15) is 5.11 Å². The van der Waals surface area contributed by atoms with Crippen molar-refractivity contribution in [2.75, 3.05) is 7.05 Å². The molecule has 0 radical (unpaired) electrons. The SMILES string of the molecule is C[C@H]1[C@H](Cc2ccccc2)N(C)C=CC1(C)O. The van der Waals surface area contributed by atoms with Crippen molar-refractivity contribution in [1.82, 2.24) is 4.90 Å². The third-order valence-electron chi connectivity index (χ3n) is 3.96. The predicted octanol–water partition coefficient (Wildman–Crippen LogP) is 2.44. The third kappa shape index (κ3) is 2.52. The zero-order valence-corrected chi connectivity index (χ0v) is 10.8. The number of rotatable bonds is 2. The van der Waals surface area contributed by atoms with Crippen molar-refractivity contribution in [3.63, 3.8) is 0 Å². The lowest BCUT2D eigenvalue weighted by molar-refractivity contribution is 0.00351. The Balaban J connectivity index is 2.18. The Hall–Kier alpha value is -1.28. The van der Waals surface area contributed by atoms with Gasteiger partial charge in [-0.3, -0.25) is 0 Å². The molecule has 1 heterocycles. The summed E-state index contributed by atoms with van der Waals surface area (Å²) in [7, 11) is 2.08. The van der Waals surface area contributed by atoms with Gasteiger partial charge in [0.25, 0.3) is 0 Å². The van der Waals surface area contributed by atoms with Crippen molar-refractivity contribution in [3.8, 4) is 0 Å². The quantitative estimate of drug-likeness (QED) is 0.845. The van der Waals surface area contributed by atoms with E-state index >= 15 is 0 Å². The molecular formula is C15H21NO. The summed E-state index contributed by atoms with van der Waals surface area (Å²) in [5, 5.41) is 10.3. The van der Waals surface area contributed by atoms with Gasteiger partial charge in [-0.25, -0.2) is 0 Å². The molecule has 92 valence electrons. The summed E-state index contributed by atoms with van der Waals surface area (Å²) in [6, 6.07) is 10.8. The minimum Gasteiger partial charge on any atom is -0.386 e. The molecule has 1 aromatic rings. The number of nitrogens with zero attached hydrogens (tertiary/aromatic N) is 1. The van der Waals surface area contributed by atoms with E-state index in [1.54, 1.807) is 0 Å². The van der Waals surface area contributed by atoms with Gasteiger partial charge in [-0.15, -0.1) is 0 Å². The topological polar surface area (TPSA) is 23.5 Å². The van der Waals surface area contributed by atoms with Crippen molar-refractivity contribution < 1.29 is 5.11 Å². The summed E-state index contributed by atoms with van der Waals surface area (Å²) >= 11 is 0. The first-order chi connectivity index (χ1) is 8.00. The summed E-state index contributed by atoms with van der Waals surface area (Å²) in [5.74, 6) is 0.220. The molecule has 0 aliphatic carbocycles. The minimum atomic E-state index is -0.702. The Morgan fingerprint density at radius 2 is 1.94 bits per heavy atom. The molecule has 1 unspecified atom stereocenters. The number of likely N-dealkylation sites (N-methyl/N-ethyl adjacent to an activating group) is 1. The average Bonchev–Trinajstić information content (AvgIpc) is 2.32. The summed E-state index contributed by atoms with van der Waals surface area (Å²) in [6.45, 7) is 4.01. The Morgan fingerprint density at radius 1 is 1.29 bits per heavy atom. The summed E-state index contributed by atoms with van der Waals surface area (Å²) in [5.41, 5.74) is 0.619. The maximum Gasteiger partial charge on any atom is 0.0861 e. The highest BCUT2D eigenvalue weighted by molar-refractivity contribution is 5.19. The highest BCUT2D eigenvalue weighted by Gasteiger charge is 2.36. The molecule has 0 amide bonds. The van der Waals surface area contributed by atoms with Gasteiger partial charge in [0.2, 0.25) is 0 Å². The van der Waals surface area contributed by atoms with Gasteiger partial charge in [-0.2, -0.15) is 0 Å². The lowest BCUT2D eigenvalue weighted by Gasteiger charge is -2.43. The molecule has 2 rings (SSSR count). The summed E-state index contributed by atoms with van der Waals surface area (Å²) < 4.78 is 0. The third-order valence-corrected chi connectivity index (χ3v) is 3.96. The van der Waals surface area contributed by atoms with E-state index in [4.69, 9.17) is 0 Å². The van der Waals surface area contributed by atoms with E-state index in [-0.39, 0.29) is 5.92 Å². The van der Waals surface area contributed by atoms with Gasteiger partial charge in [0, 0.05) is 19.0 Å². The molecule has 2 nitrogen and oxygen atoms in total. The van der Waals surface area contributed by atoms with Crippen molar-refractivity contribution in [3.05, 3.63) is 48.2 Å². The molecule has 0 fully saturated rings. The van der Waals surface area contributed by atoms with Gasteiger partial charge in [0.05, 0.1) is 5.60 Å². The lowest BCUT2D eigenvalue weighted by atomic mass is 9.79. The molecule has 1 aliphatic heterocycles. The van der Waals surface area contributed by atoms with Gasteiger partial charge in [-0.1, -0.05) is 37.3 Å². The number of benzene rings is 1. The van der Waals surface area contributed by atoms with Crippen LogP contribution in [0.15, 0.2) is 42.6 Å². The normalized spacial score (nSPS) is 32.8. The van der Waals surface area contributed by atoms with Crippen LogP contribution in [0.1, 0.15) is 19.4 Å². The van der Waals surface area contributed by atoms with Crippen LogP contribution in [-0.2, 0) is 6.42 Å². The van der Waals surface area contributed by atoms with E-state index < -0.39 is 5.60 Å². The second-order valence-electron chi connectivity index (χ2n) is 5.25. The number of hydrogen-bond donors (Lipinski definition) is 1. The maximum atomic E-state index is 10.3. The molecule has 1 aromatic carbocycles. The van der Waals surface area contributed by atoms with Crippen molar-refractivity contribution >= 4 is 0 Å². The van der Waals surface area contributed by atoms with Gasteiger partial charge < -0.3 is 10.0 Å². The van der Waals surface area contributed by atoms with Crippen LogP contribution in [0.2, 0.25) is 0 Å². The molecule has 3 atom stereocenters. The zero-order chi connectivity index (χ0) is 12.5. The van der Waals surface area contributed by atoms with Crippen LogP contribution in [-0.4, -0.2) is 28.7 Å². The van der Waals surface area contributed by atoms with Crippen molar-refractivity contribution in [2.45, 2.75) is 31.9 Å². The van der Waals surface area contributed by atoms with E-state index in [2.05, 4.69) is 43.1 Å². The van der Waals surface area contributed by atoms with Crippen LogP contribution in [0.3, 0.4) is 0 Å². The first-order valence-electron chi connectivity index (χ1n) is 6.18. The number of hydrogen-bond acceptors (Lipinski definition) is 2. The van der Waals surface area contributed by atoms with E-state index in [1.165, 1.54) is 5.56 Å². The smallest absolute Gasteiger partial charge is 0.0861 e. The number of aliphatic hydroxyl groups is 1. The fourth-order valence-corrected chi connectivity index (χ4v) is 2.45. The molecule has 0 saturated heterocycles. The van der Waals surface area contributed by atoms with E-state index in [0.717, 1.165) is 6.42 Å². The zero-order valence-electron chi connectivity index (χ0n) is 10.8. The predicted molar refractivity (Wildman–Crippen MR) is 70.6 cm³/mol. The second kappa shape index (κ2) is 4.53. The van der Waals surface area contributed by atoms with Crippen LogP contribution in [0.4, 0.5) is 0 Å². The first-order valence-corrected chi connectivity index (χ1v) is 6.18. The molecule has 0 saturated carbocycles. The molecule has 0 spiro atoms. The first kappa shape index (κ1) is 12.2. The van der Waals surface area contributed by atoms with Gasteiger partial charge >= 0.3 is 0 Å². The Labute approximate surface area is 104 Å². The molecule has 2 heteroatoms. The highest BCUT2D eigenvalue weighted by Crippen LogP contribution is 2.31. The monoisotopic (exact) mass is 231 g/mol. The van der Waals surface area contributed by atoms with Crippen LogP contribution in [0, 0.1) is 5.92 Å². The standard InChI is InChI=1S/C15H21NO/c1-12-14(11-13-7-5-4-6-8-13)16(3)10-9-15(12,2)17/h4-10,12,14,17H,11H2,1-3H3/t12-,14-,15?/m0/s1. The van der Waals surface area contributed by atoms with Gasteiger partial charge in [0.15, 0.2) is 0 Å². The van der Waals surface area contributed by atoms with E-state index in [0.29, 0.717) is 6.04 Å². The maximum absolute atomic E-state index is 10.3. The Morgan fingerprint density at radius 3 is 2.59 bits per heavy atom. The van der Waals surface area contributed by atoms with Crippen LogP contribution in [0.5, 0.6) is 0 Å². The van der Waals surface area contributed by atoms with Gasteiger partial charge in [0.1, 0.15) is 0 Å². The van der Waals surface area contributed by atoms with Crippen LogP contribution in [0.25, 0.3) is 0 Å². The van der Waals surface area contributed by atoms with Crippen molar-refractivity contribution in [2.24, 2.45) is 5.92 Å². The molecular weight excluding hydrogens is 210 g/mol. The molecule has 1 aliphatic rings. The molecule has 0 bridgehead atoms. The minimum absolute atomic E-state index is 0.220. The molecule has 1 N–H and O–H groups in total. The summed E-state index contributed by atoms with van der Waals surface area (Å²) in [6.07, 6.45) is 4.85. The Bertz CT molecular complexity index is 397. The molecule has 17 heavy (non-hydrogen) atoms. The van der Waals surface area contributed by atoms with Gasteiger partial charge in [-0.05, 0) is 31.2 Å². The fraction of sp³-hybridized carbons (Fsp3) is 0.467. The van der Waals surface area contributed by atoms with Crippen LogP contribution >= 0.6 is 0 Å². The lowest BCUT2D eigenvalue weighted by Crippen LogP contribution is -2.49. The van der Waals surface area contributed by atoms with Crippen LogP contribution < -0.4 is 0 Å². The second-order valence-corrected chi connectivity index (χ2v) is 5.25.